The van der Waals surface area contributed by atoms with Crippen LogP contribution in [0.1, 0.15) is 51.0 Å². The first-order valence-corrected chi connectivity index (χ1v) is 12.5. The summed E-state index contributed by atoms with van der Waals surface area (Å²) in [7, 11) is 0. The third kappa shape index (κ3) is 5.97. The van der Waals surface area contributed by atoms with Gasteiger partial charge >= 0.3 is 6.03 Å². The largest absolute Gasteiger partial charge is 0.356 e. The van der Waals surface area contributed by atoms with E-state index in [0.717, 1.165) is 49.0 Å². The Labute approximate surface area is 205 Å². The first-order chi connectivity index (χ1) is 16.0. The second-order valence-corrected chi connectivity index (χ2v) is 9.42. The van der Waals surface area contributed by atoms with Crippen molar-refractivity contribution in [1.82, 2.24) is 20.2 Å². The van der Waals surface area contributed by atoms with Crippen LogP contribution in [0.5, 0.6) is 0 Å². The van der Waals surface area contributed by atoms with Gasteiger partial charge in [0, 0.05) is 35.4 Å². The van der Waals surface area contributed by atoms with Gasteiger partial charge in [-0.3, -0.25) is 5.43 Å². The minimum absolute atomic E-state index is 0.273. The lowest BCUT2D eigenvalue weighted by Gasteiger charge is -2.26. The molecule has 2 heterocycles. The maximum absolute atomic E-state index is 13.0. The van der Waals surface area contributed by atoms with E-state index in [1.165, 1.54) is 35.9 Å². The molecular weight excluding hydrogens is 455 g/mol. The molecule has 1 aromatic heterocycles. The SMILES string of the molecule is CCCCCc1ccc(-c2cn(C(=O)NN3CCCCC3)nc2-c2ccc(Cl)cc2Cl)cc1. The molecule has 1 N–H and O–H groups in total. The van der Waals surface area contributed by atoms with Crippen LogP contribution in [0, 0.1) is 0 Å². The summed E-state index contributed by atoms with van der Waals surface area (Å²) >= 11 is 12.6. The molecule has 1 saturated heterocycles. The molecule has 0 spiro atoms. The van der Waals surface area contributed by atoms with Gasteiger partial charge < -0.3 is 0 Å². The number of piperidine rings is 1. The van der Waals surface area contributed by atoms with Crippen LogP contribution in [0.4, 0.5) is 4.79 Å². The van der Waals surface area contributed by atoms with E-state index in [-0.39, 0.29) is 6.03 Å². The zero-order valence-electron chi connectivity index (χ0n) is 19.0. The third-order valence-corrected chi connectivity index (χ3v) is 6.60. The number of hydrazine groups is 1. The summed E-state index contributed by atoms with van der Waals surface area (Å²) in [5, 5.41) is 7.67. The summed E-state index contributed by atoms with van der Waals surface area (Å²) in [4.78, 5) is 13.0. The second-order valence-electron chi connectivity index (χ2n) is 8.58. The number of hydrogen-bond donors (Lipinski definition) is 1. The van der Waals surface area contributed by atoms with E-state index in [2.05, 4.69) is 41.7 Å². The summed E-state index contributed by atoms with van der Waals surface area (Å²) in [6.45, 7) is 3.93. The van der Waals surface area contributed by atoms with Crippen LogP contribution >= 0.6 is 23.2 Å². The summed E-state index contributed by atoms with van der Waals surface area (Å²) in [5.41, 5.74) is 7.54. The smallest absolute Gasteiger partial charge is 0.269 e. The van der Waals surface area contributed by atoms with Gasteiger partial charge in [-0.1, -0.05) is 73.7 Å². The van der Waals surface area contributed by atoms with Crippen LogP contribution in [-0.2, 0) is 6.42 Å². The van der Waals surface area contributed by atoms with E-state index in [0.29, 0.717) is 15.7 Å². The molecule has 33 heavy (non-hydrogen) atoms. The minimum Gasteiger partial charge on any atom is -0.269 e. The molecule has 0 aliphatic carbocycles. The lowest BCUT2D eigenvalue weighted by atomic mass is 9.99. The molecule has 4 rings (SSSR count). The highest BCUT2D eigenvalue weighted by atomic mass is 35.5. The van der Waals surface area contributed by atoms with Gasteiger partial charge in [0.05, 0.1) is 5.02 Å². The zero-order chi connectivity index (χ0) is 23.2. The van der Waals surface area contributed by atoms with Crippen LogP contribution in [-0.4, -0.2) is 33.9 Å². The number of amides is 1. The predicted molar refractivity (Wildman–Crippen MR) is 136 cm³/mol. The fourth-order valence-electron chi connectivity index (χ4n) is 4.19. The molecule has 0 saturated carbocycles. The molecule has 3 aromatic rings. The molecule has 0 unspecified atom stereocenters. The Morgan fingerprint density at radius 2 is 1.76 bits per heavy atom. The lowest BCUT2D eigenvalue weighted by Crippen LogP contribution is -2.46. The number of aryl methyl sites for hydroxylation is 1. The number of unbranched alkanes of at least 4 members (excludes halogenated alkanes) is 2. The van der Waals surface area contributed by atoms with Gasteiger partial charge in [-0.25, -0.2) is 9.80 Å². The molecule has 174 valence electrons. The van der Waals surface area contributed by atoms with Crippen molar-refractivity contribution in [3.63, 3.8) is 0 Å². The van der Waals surface area contributed by atoms with Gasteiger partial charge in [-0.2, -0.15) is 9.78 Å². The summed E-state index contributed by atoms with van der Waals surface area (Å²) in [5.74, 6) is 0. The van der Waals surface area contributed by atoms with Gasteiger partial charge in [-0.05, 0) is 55.0 Å². The van der Waals surface area contributed by atoms with Gasteiger partial charge in [-0.15, -0.1) is 0 Å². The topological polar surface area (TPSA) is 50.2 Å². The first-order valence-electron chi connectivity index (χ1n) is 11.8. The Morgan fingerprint density at radius 1 is 1.00 bits per heavy atom. The summed E-state index contributed by atoms with van der Waals surface area (Å²) < 4.78 is 1.37. The van der Waals surface area contributed by atoms with Crippen molar-refractivity contribution in [3.8, 4) is 22.4 Å². The number of hydrogen-bond acceptors (Lipinski definition) is 3. The lowest BCUT2D eigenvalue weighted by molar-refractivity contribution is 0.154. The molecule has 1 fully saturated rings. The molecule has 1 aliphatic rings. The number of carbonyl (C=O) groups excluding carboxylic acids is 1. The Balaban J connectivity index is 1.66. The fraction of sp³-hybridized carbons (Fsp3) is 0.385. The van der Waals surface area contributed by atoms with Crippen molar-refractivity contribution in [2.45, 2.75) is 51.9 Å². The molecule has 0 radical (unpaired) electrons. The molecule has 0 atom stereocenters. The van der Waals surface area contributed by atoms with E-state index in [1.807, 2.05) is 11.1 Å². The van der Waals surface area contributed by atoms with Crippen molar-refractivity contribution >= 4 is 29.2 Å². The van der Waals surface area contributed by atoms with Crippen molar-refractivity contribution in [3.05, 3.63) is 64.3 Å². The number of nitrogens with one attached hydrogen (secondary N) is 1. The monoisotopic (exact) mass is 484 g/mol. The maximum atomic E-state index is 13.0. The summed E-state index contributed by atoms with van der Waals surface area (Å²) in [6, 6.07) is 13.6. The van der Waals surface area contributed by atoms with E-state index in [4.69, 9.17) is 23.2 Å². The molecule has 5 nitrogen and oxygen atoms in total. The Morgan fingerprint density at radius 3 is 2.45 bits per heavy atom. The highest BCUT2D eigenvalue weighted by Crippen LogP contribution is 2.36. The quantitative estimate of drug-likeness (QED) is 0.360. The Bertz CT molecular complexity index is 1090. The third-order valence-electron chi connectivity index (χ3n) is 6.05. The standard InChI is InChI=1S/C26H30Cl2N4O/c1-2-3-5-8-19-9-11-20(12-10-19)23-18-32(26(33)30-31-15-6-4-7-16-31)29-25(23)22-14-13-21(27)17-24(22)28/h9-14,17-18H,2-8,15-16H2,1H3,(H,30,33). The number of aromatic nitrogens is 2. The van der Waals surface area contributed by atoms with Gasteiger partial charge in [0.2, 0.25) is 0 Å². The second kappa shape index (κ2) is 11.2. The van der Waals surface area contributed by atoms with Crippen LogP contribution in [0.2, 0.25) is 10.0 Å². The van der Waals surface area contributed by atoms with Crippen molar-refractivity contribution in [2.75, 3.05) is 13.1 Å². The normalized spacial score (nSPS) is 14.4. The van der Waals surface area contributed by atoms with Gasteiger partial charge in [0.25, 0.3) is 0 Å². The predicted octanol–water partition coefficient (Wildman–Crippen LogP) is 7.22. The van der Waals surface area contributed by atoms with Crippen LogP contribution in [0.15, 0.2) is 48.7 Å². The molecule has 1 aliphatic heterocycles. The average molecular weight is 485 g/mol. The highest BCUT2D eigenvalue weighted by molar-refractivity contribution is 6.36. The van der Waals surface area contributed by atoms with Gasteiger partial charge in [0.1, 0.15) is 5.69 Å². The number of halogens is 2. The first kappa shape index (κ1) is 23.8. The summed E-state index contributed by atoms with van der Waals surface area (Å²) in [6.07, 6.45) is 9.86. The average Bonchev–Trinajstić information content (AvgIpc) is 3.26. The van der Waals surface area contributed by atoms with Crippen molar-refractivity contribution in [2.24, 2.45) is 0 Å². The zero-order valence-corrected chi connectivity index (χ0v) is 20.5. The van der Waals surface area contributed by atoms with Crippen molar-refractivity contribution < 1.29 is 4.79 Å². The number of carbonyl (C=O) groups is 1. The van der Waals surface area contributed by atoms with Crippen molar-refractivity contribution in [1.29, 1.82) is 0 Å². The van der Waals surface area contributed by atoms with Crippen LogP contribution in [0.3, 0.4) is 0 Å². The number of nitrogens with zero attached hydrogens (tertiary/aromatic N) is 3. The van der Waals surface area contributed by atoms with E-state index in [1.54, 1.807) is 18.3 Å². The molecular formula is C26H30Cl2N4O. The van der Waals surface area contributed by atoms with E-state index in [9.17, 15) is 4.79 Å². The fourth-order valence-corrected chi connectivity index (χ4v) is 4.69. The molecule has 7 heteroatoms. The van der Waals surface area contributed by atoms with E-state index >= 15 is 0 Å². The minimum atomic E-state index is -0.273. The number of benzene rings is 2. The Kier molecular flexibility index (Phi) is 8.07. The maximum Gasteiger partial charge on any atom is 0.356 e. The van der Waals surface area contributed by atoms with Crippen LogP contribution < -0.4 is 5.43 Å². The molecule has 1 amide bonds. The van der Waals surface area contributed by atoms with Gasteiger partial charge in [0.15, 0.2) is 0 Å². The Hall–Kier alpha value is -2.34. The van der Waals surface area contributed by atoms with E-state index < -0.39 is 0 Å². The number of rotatable bonds is 7. The van der Waals surface area contributed by atoms with Crippen LogP contribution in [0.25, 0.3) is 22.4 Å². The highest BCUT2D eigenvalue weighted by Gasteiger charge is 2.20. The molecule has 2 aromatic carbocycles. The molecule has 0 bridgehead atoms.